The summed E-state index contributed by atoms with van der Waals surface area (Å²) in [5, 5.41) is 0. The average molecular weight is 228 g/mol. The molecule has 0 radical (unpaired) electrons. The van der Waals surface area contributed by atoms with Crippen LogP contribution in [0.15, 0.2) is 12.5 Å². The first kappa shape index (κ1) is 11.0. The Morgan fingerprint density at radius 1 is 1.60 bits per heavy atom. The molecule has 4 heteroatoms. The van der Waals surface area contributed by atoms with Crippen molar-refractivity contribution in [3.63, 3.8) is 0 Å². The first-order valence-electron chi connectivity index (χ1n) is 5.49. The lowest BCUT2D eigenvalue weighted by molar-refractivity contribution is 0.156. The summed E-state index contributed by atoms with van der Waals surface area (Å²) in [5.41, 5.74) is 1.14. The quantitative estimate of drug-likeness (QED) is 0.723. The standard InChI is InChI=1S/C11H18ClN3/c1-9-5-10(3-4-14(9)2)15-8-13-7-11(15)6-12/h7-10H,3-6H2,1-2H3. The molecular formula is C11H18ClN3. The molecule has 1 aliphatic rings. The first-order chi connectivity index (χ1) is 7.22. The molecule has 3 nitrogen and oxygen atoms in total. The summed E-state index contributed by atoms with van der Waals surface area (Å²) in [7, 11) is 2.19. The Balaban J connectivity index is 2.11. The fourth-order valence-corrected chi connectivity index (χ4v) is 2.49. The summed E-state index contributed by atoms with van der Waals surface area (Å²) in [4.78, 5) is 6.59. The number of piperidine rings is 1. The first-order valence-corrected chi connectivity index (χ1v) is 6.02. The van der Waals surface area contributed by atoms with E-state index in [9.17, 15) is 0 Å². The minimum absolute atomic E-state index is 0.556. The zero-order valence-corrected chi connectivity index (χ0v) is 10.1. The molecule has 0 spiro atoms. The Labute approximate surface area is 96.0 Å². The van der Waals surface area contributed by atoms with Crippen LogP contribution in [0.25, 0.3) is 0 Å². The molecule has 2 unspecified atom stereocenters. The monoisotopic (exact) mass is 227 g/mol. The van der Waals surface area contributed by atoms with Crippen LogP contribution in [0, 0.1) is 0 Å². The van der Waals surface area contributed by atoms with Crippen LogP contribution in [0.2, 0.25) is 0 Å². The fourth-order valence-electron chi connectivity index (χ4n) is 2.28. The van der Waals surface area contributed by atoms with Crippen molar-refractivity contribution in [2.24, 2.45) is 0 Å². The Kier molecular flexibility index (Phi) is 3.32. The van der Waals surface area contributed by atoms with Crippen molar-refractivity contribution in [1.29, 1.82) is 0 Å². The van der Waals surface area contributed by atoms with E-state index in [0.717, 1.165) is 12.2 Å². The molecular weight excluding hydrogens is 210 g/mol. The number of likely N-dealkylation sites (tertiary alicyclic amines) is 1. The van der Waals surface area contributed by atoms with Gasteiger partial charge in [0.1, 0.15) is 0 Å². The van der Waals surface area contributed by atoms with Gasteiger partial charge in [-0.15, -0.1) is 11.6 Å². The van der Waals surface area contributed by atoms with E-state index in [1.807, 2.05) is 12.5 Å². The van der Waals surface area contributed by atoms with Gasteiger partial charge in [-0.25, -0.2) is 4.98 Å². The van der Waals surface area contributed by atoms with Gasteiger partial charge in [-0.3, -0.25) is 0 Å². The van der Waals surface area contributed by atoms with Crippen molar-refractivity contribution < 1.29 is 0 Å². The number of alkyl halides is 1. The molecule has 1 fully saturated rings. The van der Waals surface area contributed by atoms with Gasteiger partial charge in [-0.05, 0) is 26.8 Å². The predicted octanol–water partition coefficient (Wildman–Crippen LogP) is 2.28. The molecule has 0 aromatic carbocycles. The smallest absolute Gasteiger partial charge is 0.0951 e. The SMILES string of the molecule is CC1CC(n2cncc2CCl)CCN1C. The summed E-state index contributed by atoms with van der Waals surface area (Å²) in [6, 6.07) is 1.22. The second kappa shape index (κ2) is 4.54. The second-order valence-electron chi connectivity index (χ2n) is 4.43. The molecule has 0 saturated carbocycles. The molecule has 1 aliphatic heterocycles. The van der Waals surface area contributed by atoms with E-state index in [1.54, 1.807) is 0 Å². The van der Waals surface area contributed by atoms with Crippen LogP contribution in [0.1, 0.15) is 31.5 Å². The van der Waals surface area contributed by atoms with Gasteiger partial charge < -0.3 is 9.47 Å². The number of aromatic nitrogens is 2. The van der Waals surface area contributed by atoms with Crippen LogP contribution in [0.4, 0.5) is 0 Å². The van der Waals surface area contributed by atoms with E-state index in [4.69, 9.17) is 11.6 Å². The van der Waals surface area contributed by atoms with Gasteiger partial charge >= 0.3 is 0 Å². The number of halogens is 1. The number of hydrogen-bond acceptors (Lipinski definition) is 2. The summed E-state index contributed by atoms with van der Waals surface area (Å²) in [6.45, 7) is 3.44. The van der Waals surface area contributed by atoms with Gasteiger partial charge in [0.05, 0.1) is 17.9 Å². The minimum Gasteiger partial charge on any atom is -0.330 e. The normalized spacial score (nSPS) is 28.2. The van der Waals surface area contributed by atoms with Crippen molar-refractivity contribution >= 4 is 11.6 Å². The van der Waals surface area contributed by atoms with Crippen LogP contribution < -0.4 is 0 Å². The molecule has 0 amide bonds. The third-order valence-electron chi connectivity index (χ3n) is 3.46. The van der Waals surface area contributed by atoms with Crippen molar-refractivity contribution in [3.8, 4) is 0 Å². The van der Waals surface area contributed by atoms with Gasteiger partial charge in [0.25, 0.3) is 0 Å². The minimum atomic E-state index is 0.556. The van der Waals surface area contributed by atoms with Crippen molar-refractivity contribution in [3.05, 3.63) is 18.2 Å². The van der Waals surface area contributed by atoms with Crippen LogP contribution >= 0.6 is 11.6 Å². The third-order valence-corrected chi connectivity index (χ3v) is 3.73. The Bertz CT molecular complexity index is 323. The maximum Gasteiger partial charge on any atom is 0.0951 e. The van der Waals surface area contributed by atoms with Crippen molar-refractivity contribution in [1.82, 2.24) is 14.5 Å². The van der Waals surface area contributed by atoms with Gasteiger partial charge in [0.2, 0.25) is 0 Å². The topological polar surface area (TPSA) is 21.1 Å². The predicted molar refractivity (Wildman–Crippen MR) is 62.1 cm³/mol. The lowest BCUT2D eigenvalue weighted by atomic mass is 9.98. The Morgan fingerprint density at radius 2 is 2.40 bits per heavy atom. The van der Waals surface area contributed by atoms with E-state index >= 15 is 0 Å². The highest BCUT2D eigenvalue weighted by Crippen LogP contribution is 2.27. The number of rotatable bonds is 2. The summed E-state index contributed by atoms with van der Waals surface area (Å²) in [6.07, 6.45) is 6.17. The molecule has 1 saturated heterocycles. The van der Waals surface area contributed by atoms with E-state index in [0.29, 0.717) is 18.0 Å². The van der Waals surface area contributed by atoms with Gasteiger partial charge in [0.15, 0.2) is 0 Å². The molecule has 1 aromatic rings. The number of imidazole rings is 1. The van der Waals surface area contributed by atoms with Crippen LogP contribution in [0.5, 0.6) is 0 Å². The summed E-state index contributed by atoms with van der Waals surface area (Å²) < 4.78 is 2.25. The molecule has 0 aliphatic carbocycles. The lowest BCUT2D eigenvalue weighted by Gasteiger charge is -2.36. The Hall–Kier alpha value is -0.540. The molecule has 0 N–H and O–H groups in total. The molecule has 0 bridgehead atoms. The number of hydrogen-bond donors (Lipinski definition) is 0. The van der Waals surface area contributed by atoms with E-state index < -0.39 is 0 Å². The average Bonchev–Trinajstić information content (AvgIpc) is 2.70. The number of nitrogens with zero attached hydrogens (tertiary/aromatic N) is 3. The molecule has 2 rings (SSSR count). The lowest BCUT2D eigenvalue weighted by Crippen LogP contribution is -2.38. The largest absolute Gasteiger partial charge is 0.330 e. The molecule has 2 heterocycles. The second-order valence-corrected chi connectivity index (χ2v) is 4.70. The van der Waals surface area contributed by atoms with Gasteiger partial charge in [-0.2, -0.15) is 0 Å². The maximum atomic E-state index is 5.89. The van der Waals surface area contributed by atoms with E-state index in [2.05, 4.69) is 28.4 Å². The highest BCUT2D eigenvalue weighted by atomic mass is 35.5. The third kappa shape index (κ3) is 2.18. The Morgan fingerprint density at radius 3 is 3.07 bits per heavy atom. The molecule has 84 valence electrons. The van der Waals surface area contributed by atoms with E-state index in [-0.39, 0.29) is 0 Å². The molecule has 1 aromatic heterocycles. The van der Waals surface area contributed by atoms with Crippen molar-refractivity contribution in [2.45, 2.75) is 37.7 Å². The zero-order chi connectivity index (χ0) is 10.8. The van der Waals surface area contributed by atoms with Crippen LogP contribution in [-0.4, -0.2) is 34.1 Å². The van der Waals surface area contributed by atoms with Crippen LogP contribution in [0.3, 0.4) is 0 Å². The highest BCUT2D eigenvalue weighted by molar-refractivity contribution is 6.16. The van der Waals surface area contributed by atoms with Gasteiger partial charge in [0, 0.05) is 24.8 Å². The maximum absolute atomic E-state index is 5.89. The summed E-state index contributed by atoms with van der Waals surface area (Å²) in [5.74, 6) is 0.556. The van der Waals surface area contributed by atoms with Gasteiger partial charge in [-0.1, -0.05) is 0 Å². The van der Waals surface area contributed by atoms with Crippen LogP contribution in [-0.2, 0) is 5.88 Å². The zero-order valence-electron chi connectivity index (χ0n) is 9.36. The molecule has 15 heavy (non-hydrogen) atoms. The van der Waals surface area contributed by atoms with E-state index in [1.165, 1.54) is 12.8 Å². The van der Waals surface area contributed by atoms with Crippen molar-refractivity contribution in [2.75, 3.05) is 13.6 Å². The fraction of sp³-hybridized carbons (Fsp3) is 0.727. The molecule has 2 atom stereocenters. The summed E-state index contributed by atoms with van der Waals surface area (Å²) >= 11 is 5.89. The highest BCUT2D eigenvalue weighted by Gasteiger charge is 2.24.